The first-order valence-electron chi connectivity index (χ1n) is 13.6. The number of carbonyl (C=O) groups is 2. The van der Waals surface area contributed by atoms with Gasteiger partial charge in [0.05, 0.1) is 31.9 Å². The summed E-state index contributed by atoms with van der Waals surface area (Å²) < 4.78 is 17.9. The van der Waals surface area contributed by atoms with E-state index in [2.05, 4.69) is 46.9 Å². The Morgan fingerprint density at radius 3 is 2.11 bits per heavy atom. The van der Waals surface area contributed by atoms with Crippen LogP contribution in [0.1, 0.15) is 65.0 Å². The van der Waals surface area contributed by atoms with Gasteiger partial charge in [-0.3, -0.25) is 4.79 Å². The summed E-state index contributed by atoms with van der Waals surface area (Å²) in [6.07, 6.45) is 0.530. The molecule has 0 unspecified atom stereocenters. The molecule has 0 saturated heterocycles. The van der Waals surface area contributed by atoms with Gasteiger partial charge in [0.15, 0.2) is 0 Å². The maximum Gasteiger partial charge on any atom is 0.374 e. The van der Waals surface area contributed by atoms with Crippen molar-refractivity contribution in [1.82, 2.24) is 0 Å². The Labute approximate surface area is 227 Å². The third kappa shape index (κ3) is 4.66. The smallest absolute Gasteiger partial charge is 0.374 e. The maximum absolute atomic E-state index is 13.7. The van der Waals surface area contributed by atoms with E-state index in [1.165, 1.54) is 7.11 Å². The molecule has 1 N–H and O–H groups in total. The molecule has 0 saturated carbocycles. The molecule has 0 amide bonds. The topological polar surface area (TPSA) is 73.9 Å². The minimum absolute atomic E-state index is 0.242. The van der Waals surface area contributed by atoms with Crippen LogP contribution in [0.4, 0.5) is 5.69 Å². The zero-order valence-electron chi connectivity index (χ0n) is 23.8. The Kier molecular flexibility index (Phi) is 8.07. The average Bonchev–Trinajstić information content (AvgIpc) is 3.29. The third-order valence-electron chi connectivity index (χ3n) is 8.56. The van der Waals surface area contributed by atoms with Crippen LogP contribution in [0.3, 0.4) is 0 Å². The van der Waals surface area contributed by atoms with Crippen LogP contribution >= 0.6 is 0 Å². The fourth-order valence-electron chi connectivity index (χ4n) is 6.93. The molecule has 3 atom stereocenters. The number of Topliss-reactive ketones (excluding diaryl/α,β-unsaturated/α-hetero) is 1. The van der Waals surface area contributed by atoms with Crippen LogP contribution in [-0.4, -0.2) is 40.3 Å². The highest BCUT2D eigenvalue weighted by Gasteiger charge is 2.53. The molecule has 2 aromatic carbocycles. The molecule has 0 fully saturated rings. The van der Waals surface area contributed by atoms with Crippen molar-refractivity contribution in [1.29, 1.82) is 0 Å². The summed E-state index contributed by atoms with van der Waals surface area (Å²) in [5.41, 5.74) is 5.02. The van der Waals surface area contributed by atoms with Crippen LogP contribution in [0.5, 0.6) is 5.75 Å². The number of fused-ring (bicyclic) bond motifs is 3. The normalized spacial score (nSPS) is 20.8. The summed E-state index contributed by atoms with van der Waals surface area (Å²) in [7, 11) is 0.596. The number of esters is 1. The molecule has 0 radical (unpaired) electrons. The van der Waals surface area contributed by atoms with Crippen LogP contribution in [0, 0.1) is 5.92 Å². The van der Waals surface area contributed by atoms with E-state index < -0.39 is 32.0 Å². The zero-order valence-corrected chi connectivity index (χ0v) is 24.8. The van der Waals surface area contributed by atoms with Crippen molar-refractivity contribution in [3.8, 4) is 5.75 Å². The number of nitrogens with one attached hydrogen (secondary N) is 1. The zero-order chi connectivity index (χ0) is 27.8. The average molecular weight is 536 g/mol. The van der Waals surface area contributed by atoms with E-state index in [-0.39, 0.29) is 5.92 Å². The van der Waals surface area contributed by atoms with E-state index in [0.29, 0.717) is 23.0 Å². The summed E-state index contributed by atoms with van der Waals surface area (Å²) in [5, 5.41) is 3.59. The van der Waals surface area contributed by atoms with Gasteiger partial charge < -0.3 is 19.2 Å². The van der Waals surface area contributed by atoms with Crippen molar-refractivity contribution in [3.05, 3.63) is 65.4 Å². The molecule has 204 valence electrons. The van der Waals surface area contributed by atoms with Crippen LogP contribution in [0.25, 0.3) is 5.57 Å². The monoisotopic (exact) mass is 535 g/mol. The summed E-state index contributed by atoms with van der Waals surface area (Å²) in [5.74, 6) is -0.549. The first-order valence-corrected chi connectivity index (χ1v) is 15.7. The number of benzene rings is 2. The van der Waals surface area contributed by atoms with Crippen molar-refractivity contribution in [3.63, 3.8) is 0 Å². The van der Waals surface area contributed by atoms with E-state index in [1.54, 1.807) is 7.11 Å². The minimum Gasteiger partial charge on any atom is -0.545 e. The summed E-state index contributed by atoms with van der Waals surface area (Å²) in [6, 6.07) is 15.5. The molecule has 0 spiro atoms. The van der Waals surface area contributed by atoms with Crippen LogP contribution in [-0.2, 0) is 18.8 Å². The Hall–Kier alpha value is -3.06. The molecule has 1 aliphatic carbocycles. The highest BCUT2D eigenvalue weighted by Crippen LogP contribution is 2.54. The summed E-state index contributed by atoms with van der Waals surface area (Å²) in [4.78, 5) is 26.3. The second-order valence-electron chi connectivity index (χ2n) is 11.4. The molecule has 6 nitrogen and oxygen atoms in total. The number of ether oxygens (including phenoxy) is 2. The molecular formula is C31H41NO5Si. The highest BCUT2D eigenvalue weighted by molar-refractivity contribution is 6.78. The molecule has 2 aromatic rings. The molecule has 7 heteroatoms. The molecule has 0 bridgehead atoms. The Morgan fingerprint density at radius 1 is 0.921 bits per heavy atom. The van der Waals surface area contributed by atoms with Gasteiger partial charge in [-0.05, 0) is 40.4 Å². The van der Waals surface area contributed by atoms with E-state index in [4.69, 9.17) is 13.9 Å². The van der Waals surface area contributed by atoms with Gasteiger partial charge in [0, 0.05) is 29.2 Å². The first-order chi connectivity index (χ1) is 18.1. The van der Waals surface area contributed by atoms with Gasteiger partial charge in [-0.2, -0.15) is 0 Å². The number of carbonyl (C=O) groups excluding carboxylic acids is 2. The maximum atomic E-state index is 13.7. The number of allylic oxidation sites excluding steroid dienone is 1. The molecule has 4 rings (SSSR count). The predicted molar refractivity (Wildman–Crippen MR) is 154 cm³/mol. The van der Waals surface area contributed by atoms with Gasteiger partial charge >= 0.3 is 5.97 Å². The lowest BCUT2D eigenvalue weighted by molar-refractivity contribution is -0.154. The lowest BCUT2D eigenvalue weighted by Gasteiger charge is -2.46. The van der Waals surface area contributed by atoms with Gasteiger partial charge in [-0.1, -0.05) is 71.9 Å². The van der Waals surface area contributed by atoms with Crippen molar-refractivity contribution in [2.45, 2.75) is 76.5 Å². The second-order valence-corrected chi connectivity index (χ2v) is 16.8. The Bertz CT molecular complexity index is 1200. The number of hydrogen-bond donors (Lipinski definition) is 1. The standard InChI is InChI=1S/C31H41NO5Si/c1-18(2)38(19(3)4,20(5)6)37-26-17-23(21-12-10-9-11-13-21)28(30(33)31(34)36-8)29-27(26)24-16-22(35-7)14-15-25(24)32-29/h9-16,18-20,23,28-29,32H,17H2,1-8H3/t23-,28-,29-/m1/s1. The van der Waals surface area contributed by atoms with Crippen LogP contribution in [0.15, 0.2) is 54.3 Å². The fraction of sp³-hybridized carbons (Fsp3) is 0.484. The summed E-state index contributed by atoms with van der Waals surface area (Å²) >= 11 is 0. The number of methoxy groups -OCH3 is 2. The van der Waals surface area contributed by atoms with Crippen LogP contribution in [0.2, 0.25) is 16.6 Å². The molecular weight excluding hydrogens is 494 g/mol. The molecule has 0 aromatic heterocycles. The molecule has 1 heterocycles. The highest BCUT2D eigenvalue weighted by atomic mass is 28.4. The lowest BCUT2D eigenvalue weighted by Crippen LogP contribution is -2.49. The first kappa shape index (κ1) is 28.0. The van der Waals surface area contributed by atoms with Gasteiger partial charge in [0.25, 0.3) is 8.32 Å². The van der Waals surface area contributed by atoms with Crippen molar-refractivity contribution in [2.75, 3.05) is 19.5 Å². The summed E-state index contributed by atoms with van der Waals surface area (Å²) in [6.45, 7) is 13.7. The van der Waals surface area contributed by atoms with Gasteiger partial charge in [0.1, 0.15) is 5.75 Å². The quantitative estimate of drug-likeness (QED) is 0.213. The second kappa shape index (κ2) is 11.0. The van der Waals surface area contributed by atoms with Gasteiger partial charge in [0.2, 0.25) is 5.78 Å². The SMILES string of the molecule is COC(=O)C(=O)[C@H]1[C@@H]2Nc3ccc(OC)cc3C2=C(O[Si](C(C)C)(C(C)C)C(C)C)C[C@@H]1c1ccccc1. The number of ketones is 1. The molecule has 38 heavy (non-hydrogen) atoms. The predicted octanol–water partition coefficient (Wildman–Crippen LogP) is 6.94. The fourth-order valence-corrected chi connectivity index (χ4v) is 12.3. The number of hydrogen-bond acceptors (Lipinski definition) is 6. The van der Waals surface area contributed by atoms with Crippen molar-refractivity contribution < 1.29 is 23.5 Å². The van der Waals surface area contributed by atoms with Crippen molar-refractivity contribution in [2.24, 2.45) is 5.92 Å². The van der Waals surface area contributed by atoms with E-state index in [1.807, 2.05) is 48.5 Å². The lowest BCUT2D eigenvalue weighted by atomic mass is 9.70. The third-order valence-corrected chi connectivity index (χ3v) is 14.6. The number of anilines is 1. The Balaban J connectivity index is 1.98. The largest absolute Gasteiger partial charge is 0.545 e. The molecule has 1 aliphatic heterocycles. The van der Waals surface area contributed by atoms with Gasteiger partial charge in [-0.15, -0.1) is 0 Å². The van der Waals surface area contributed by atoms with Crippen LogP contribution < -0.4 is 10.1 Å². The minimum atomic E-state index is -2.32. The number of rotatable bonds is 9. The van der Waals surface area contributed by atoms with Gasteiger partial charge in [-0.25, -0.2) is 4.79 Å². The molecule has 2 aliphatic rings. The van der Waals surface area contributed by atoms with E-state index in [9.17, 15) is 9.59 Å². The van der Waals surface area contributed by atoms with E-state index >= 15 is 0 Å². The van der Waals surface area contributed by atoms with Crippen molar-refractivity contribution >= 4 is 31.3 Å². The van der Waals surface area contributed by atoms with E-state index in [0.717, 1.165) is 33.9 Å². The Morgan fingerprint density at radius 2 is 1.55 bits per heavy atom.